The molecule has 0 radical (unpaired) electrons. The van der Waals surface area contributed by atoms with Gasteiger partial charge < -0.3 is 18.6 Å². The molecule has 0 aliphatic heterocycles. The Labute approximate surface area is 188 Å². The number of amides is 1. The summed E-state index contributed by atoms with van der Waals surface area (Å²) in [5, 5.41) is 10.3. The lowest BCUT2D eigenvalue weighted by molar-refractivity contribution is -0.142. The second-order valence-corrected chi connectivity index (χ2v) is 6.64. The van der Waals surface area contributed by atoms with Gasteiger partial charge in [0.1, 0.15) is 0 Å². The summed E-state index contributed by atoms with van der Waals surface area (Å²) >= 11 is 6.18. The fraction of sp³-hybridized carbons (Fsp3) is 0.182. The minimum absolute atomic E-state index is 0.100. The minimum Gasteiger partial charge on any atom is -0.491 e. The number of nitrogens with one attached hydrogen (secondary N) is 1. The molecular formula is C22H20ClN3O6. The van der Waals surface area contributed by atoms with E-state index in [0.717, 1.165) is 0 Å². The van der Waals surface area contributed by atoms with Crippen molar-refractivity contribution in [1.29, 1.82) is 0 Å². The molecule has 0 aliphatic rings. The Balaban J connectivity index is 1.53. The molecule has 0 atom stereocenters. The summed E-state index contributed by atoms with van der Waals surface area (Å²) in [4.78, 5) is 23.9. The molecule has 0 aliphatic carbocycles. The van der Waals surface area contributed by atoms with Crippen LogP contribution in [0.1, 0.15) is 12.5 Å². The van der Waals surface area contributed by atoms with Gasteiger partial charge in [-0.2, -0.15) is 0 Å². The van der Waals surface area contributed by atoms with Gasteiger partial charge in [0, 0.05) is 11.6 Å². The molecule has 0 fully saturated rings. The highest BCUT2D eigenvalue weighted by atomic mass is 35.5. The van der Waals surface area contributed by atoms with Gasteiger partial charge >= 0.3 is 12.0 Å². The van der Waals surface area contributed by atoms with Crippen molar-refractivity contribution < 1.29 is 28.2 Å². The van der Waals surface area contributed by atoms with Crippen LogP contribution in [0.3, 0.4) is 0 Å². The summed E-state index contributed by atoms with van der Waals surface area (Å²) in [5.74, 6) is -0.238. The zero-order chi connectivity index (χ0) is 22.9. The zero-order valence-electron chi connectivity index (χ0n) is 17.3. The van der Waals surface area contributed by atoms with Gasteiger partial charge in [-0.1, -0.05) is 34.9 Å². The zero-order valence-corrected chi connectivity index (χ0v) is 18.1. The van der Waals surface area contributed by atoms with Crippen molar-refractivity contribution in [1.82, 2.24) is 10.2 Å². The van der Waals surface area contributed by atoms with Gasteiger partial charge in [0.05, 0.1) is 18.7 Å². The number of hydrogen-bond donors (Lipinski definition) is 1. The summed E-state index contributed by atoms with van der Waals surface area (Å²) in [7, 11) is 1.48. The van der Waals surface area contributed by atoms with E-state index in [0.29, 0.717) is 34.3 Å². The molecule has 2 aromatic carbocycles. The van der Waals surface area contributed by atoms with E-state index in [1.54, 1.807) is 24.3 Å². The van der Waals surface area contributed by atoms with Crippen LogP contribution in [-0.4, -0.2) is 42.4 Å². The van der Waals surface area contributed by atoms with Crippen molar-refractivity contribution in [2.75, 3.05) is 25.6 Å². The summed E-state index contributed by atoms with van der Waals surface area (Å²) in [5.41, 5.74) is 1.31. The van der Waals surface area contributed by atoms with Gasteiger partial charge in [-0.3, -0.25) is 10.1 Å². The van der Waals surface area contributed by atoms with Crippen LogP contribution >= 0.6 is 11.6 Å². The van der Waals surface area contributed by atoms with Crippen LogP contribution in [-0.2, 0) is 14.3 Å². The third-order valence-electron chi connectivity index (χ3n) is 3.99. The van der Waals surface area contributed by atoms with Crippen LogP contribution in [0.5, 0.6) is 11.5 Å². The van der Waals surface area contributed by atoms with Gasteiger partial charge in [-0.05, 0) is 42.8 Å². The van der Waals surface area contributed by atoms with Crippen molar-refractivity contribution in [2.45, 2.75) is 6.92 Å². The molecule has 9 nitrogen and oxygen atoms in total. The SMILES string of the molecule is CCOc1cc(/C=C/C(=O)OCC(=O)Nc2nnc(-c3ccccc3)o2)cc(Cl)c1OC. The average Bonchev–Trinajstić information content (AvgIpc) is 3.25. The second kappa shape index (κ2) is 11.0. The molecule has 0 spiro atoms. The van der Waals surface area contributed by atoms with Crippen molar-refractivity contribution in [2.24, 2.45) is 0 Å². The Morgan fingerprint density at radius 3 is 2.69 bits per heavy atom. The summed E-state index contributed by atoms with van der Waals surface area (Å²) in [6.45, 7) is 1.72. The number of aromatic nitrogens is 2. The first-order valence-electron chi connectivity index (χ1n) is 9.54. The van der Waals surface area contributed by atoms with Crippen LogP contribution in [0, 0.1) is 0 Å². The molecule has 1 aromatic heterocycles. The number of benzene rings is 2. The molecule has 0 unspecified atom stereocenters. The molecular weight excluding hydrogens is 438 g/mol. The average molecular weight is 458 g/mol. The van der Waals surface area contributed by atoms with Crippen molar-refractivity contribution in [3.63, 3.8) is 0 Å². The molecule has 3 rings (SSSR count). The van der Waals surface area contributed by atoms with E-state index < -0.39 is 18.5 Å². The summed E-state index contributed by atoms with van der Waals surface area (Å²) in [6.07, 6.45) is 2.65. The van der Waals surface area contributed by atoms with Crippen LogP contribution in [0.2, 0.25) is 5.02 Å². The highest BCUT2D eigenvalue weighted by Crippen LogP contribution is 2.36. The van der Waals surface area contributed by atoms with Gasteiger partial charge in [0.2, 0.25) is 5.89 Å². The van der Waals surface area contributed by atoms with E-state index in [9.17, 15) is 9.59 Å². The minimum atomic E-state index is -0.722. The fourth-order valence-corrected chi connectivity index (χ4v) is 2.92. The maximum absolute atomic E-state index is 12.0. The van der Waals surface area contributed by atoms with Crippen LogP contribution in [0.15, 0.2) is 53.0 Å². The summed E-state index contributed by atoms with van der Waals surface area (Å²) in [6, 6.07) is 12.3. The molecule has 166 valence electrons. The Bertz CT molecular complexity index is 1110. The number of ether oxygens (including phenoxy) is 3. The van der Waals surface area contributed by atoms with Crippen LogP contribution in [0.4, 0.5) is 6.01 Å². The lowest BCUT2D eigenvalue weighted by atomic mass is 10.2. The predicted molar refractivity (Wildman–Crippen MR) is 118 cm³/mol. The Morgan fingerprint density at radius 1 is 1.19 bits per heavy atom. The van der Waals surface area contributed by atoms with Crippen LogP contribution < -0.4 is 14.8 Å². The molecule has 1 amide bonds. The van der Waals surface area contributed by atoms with E-state index in [2.05, 4.69) is 15.5 Å². The highest BCUT2D eigenvalue weighted by molar-refractivity contribution is 6.32. The Hall–Kier alpha value is -3.85. The normalized spacial score (nSPS) is 10.7. The number of carbonyl (C=O) groups is 2. The number of esters is 1. The maximum atomic E-state index is 12.0. The third-order valence-corrected chi connectivity index (χ3v) is 4.27. The van der Waals surface area contributed by atoms with Gasteiger partial charge in [0.25, 0.3) is 5.91 Å². The molecule has 10 heteroatoms. The number of rotatable bonds is 9. The van der Waals surface area contributed by atoms with E-state index in [-0.39, 0.29) is 11.9 Å². The largest absolute Gasteiger partial charge is 0.491 e. The highest BCUT2D eigenvalue weighted by Gasteiger charge is 2.13. The van der Waals surface area contributed by atoms with Gasteiger partial charge in [-0.25, -0.2) is 4.79 Å². The van der Waals surface area contributed by atoms with Crippen molar-refractivity contribution in [3.8, 4) is 23.0 Å². The smallest absolute Gasteiger partial charge is 0.331 e. The lowest BCUT2D eigenvalue weighted by Crippen LogP contribution is -2.20. The molecule has 1 N–H and O–H groups in total. The van der Waals surface area contributed by atoms with E-state index in [1.165, 1.54) is 19.3 Å². The number of halogens is 1. The third kappa shape index (κ3) is 6.08. The van der Waals surface area contributed by atoms with E-state index in [1.807, 2.05) is 25.1 Å². The number of hydrogen-bond acceptors (Lipinski definition) is 8. The molecule has 0 saturated heterocycles. The molecule has 32 heavy (non-hydrogen) atoms. The second-order valence-electron chi connectivity index (χ2n) is 6.23. The summed E-state index contributed by atoms with van der Waals surface area (Å²) < 4.78 is 21.0. The number of carbonyl (C=O) groups excluding carboxylic acids is 2. The monoisotopic (exact) mass is 457 g/mol. The predicted octanol–water partition coefficient (Wildman–Crippen LogP) is 3.99. The Morgan fingerprint density at radius 2 is 1.97 bits per heavy atom. The standard InChI is InChI=1S/C22H20ClN3O6/c1-3-30-17-12-14(11-16(23)20(17)29-2)9-10-19(28)31-13-18(27)24-22-26-25-21(32-22)15-7-5-4-6-8-15/h4-12H,3,13H2,1-2H3,(H,24,26,27)/b10-9+. The van der Waals surface area contributed by atoms with E-state index >= 15 is 0 Å². The number of methoxy groups -OCH3 is 1. The van der Waals surface area contributed by atoms with Crippen LogP contribution in [0.25, 0.3) is 17.5 Å². The molecule has 0 bridgehead atoms. The number of nitrogens with zero attached hydrogens (tertiary/aromatic N) is 2. The van der Waals surface area contributed by atoms with Gasteiger partial charge in [-0.15, -0.1) is 5.10 Å². The first-order valence-corrected chi connectivity index (χ1v) is 9.92. The first kappa shape index (κ1) is 22.8. The van der Waals surface area contributed by atoms with E-state index in [4.69, 9.17) is 30.2 Å². The van der Waals surface area contributed by atoms with Crippen molar-refractivity contribution >= 4 is 35.6 Å². The topological polar surface area (TPSA) is 113 Å². The molecule has 1 heterocycles. The molecule has 0 saturated carbocycles. The maximum Gasteiger partial charge on any atom is 0.331 e. The fourth-order valence-electron chi connectivity index (χ4n) is 2.62. The van der Waals surface area contributed by atoms with Gasteiger partial charge in [0.15, 0.2) is 18.1 Å². The quantitative estimate of drug-likeness (QED) is 0.379. The Kier molecular flexibility index (Phi) is 7.82. The number of anilines is 1. The lowest BCUT2D eigenvalue weighted by Gasteiger charge is -2.11. The molecule has 3 aromatic rings. The first-order chi connectivity index (χ1) is 15.5. The van der Waals surface area contributed by atoms with Crippen molar-refractivity contribution in [3.05, 3.63) is 59.1 Å².